The lowest BCUT2D eigenvalue weighted by Gasteiger charge is -2.20. The van der Waals surface area contributed by atoms with E-state index < -0.39 is 0 Å². The fourth-order valence-corrected chi connectivity index (χ4v) is 1.81. The number of nitrogens with zero attached hydrogens (tertiary/aromatic N) is 3. The van der Waals surface area contributed by atoms with Gasteiger partial charge in [-0.1, -0.05) is 12.1 Å². The van der Waals surface area contributed by atoms with Crippen LogP contribution in [0.3, 0.4) is 0 Å². The van der Waals surface area contributed by atoms with Crippen molar-refractivity contribution in [2.24, 2.45) is 5.73 Å². The van der Waals surface area contributed by atoms with Gasteiger partial charge in [-0.25, -0.2) is 4.39 Å². The van der Waals surface area contributed by atoms with Crippen LogP contribution >= 0.6 is 0 Å². The Hall–Kier alpha value is -2.01. The normalized spacial score (nSPS) is 10.4. The molecule has 2 aromatic rings. The van der Waals surface area contributed by atoms with Crippen LogP contribution in [0.1, 0.15) is 11.1 Å². The minimum Gasteiger partial charge on any atom is -0.354 e. The molecule has 1 aromatic heterocycles. The van der Waals surface area contributed by atoms with Gasteiger partial charge in [0.25, 0.3) is 0 Å². The smallest absolute Gasteiger partial charge is 0.155 e. The second kappa shape index (κ2) is 5.55. The van der Waals surface area contributed by atoms with Gasteiger partial charge >= 0.3 is 0 Å². The molecule has 4 nitrogen and oxygen atoms in total. The Balaban J connectivity index is 2.19. The Morgan fingerprint density at radius 3 is 2.89 bits per heavy atom. The van der Waals surface area contributed by atoms with Crippen LogP contribution in [-0.4, -0.2) is 17.2 Å². The van der Waals surface area contributed by atoms with Gasteiger partial charge in [-0.05, 0) is 23.8 Å². The third-order valence-corrected chi connectivity index (χ3v) is 2.67. The number of rotatable bonds is 4. The summed E-state index contributed by atoms with van der Waals surface area (Å²) in [7, 11) is 1.88. The average molecular weight is 246 g/mol. The first-order valence-corrected chi connectivity index (χ1v) is 5.67. The molecule has 0 aliphatic carbocycles. The lowest BCUT2D eigenvalue weighted by molar-refractivity contribution is 0.625. The van der Waals surface area contributed by atoms with Gasteiger partial charge in [0, 0.05) is 25.7 Å². The van der Waals surface area contributed by atoms with Crippen molar-refractivity contribution in [1.82, 2.24) is 10.2 Å². The third-order valence-electron chi connectivity index (χ3n) is 2.67. The molecule has 0 unspecified atom stereocenters. The van der Waals surface area contributed by atoms with E-state index in [1.807, 2.05) is 24.1 Å². The van der Waals surface area contributed by atoms with Gasteiger partial charge in [0.1, 0.15) is 5.82 Å². The predicted octanol–water partition coefficient (Wildman–Crippen LogP) is 1.71. The van der Waals surface area contributed by atoms with Crippen molar-refractivity contribution in [3.05, 3.63) is 53.5 Å². The summed E-state index contributed by atoms with van der Waals surface area (Å²) in [5.41, 5.74) is 7.45. The van der Waals surface area contributed by atoms with Crippen LogP contribution in [0.5, 0.6) is 0 Å². The first kappa shape index (κ1) is 12.4. The van der Waals surface area contributed by atoms with Gasteiger partial charge < -0.3 is 10.6 Å². The number of aromatic nitrogens is 2. The average Bonchev–Trinajstić information content (AvgIpc) is 2.38. The highest BCUT2D eigenvalue weighted by molar-refractivity contribution is 5.45. The Morgan fingerprint density at radius 1 is 1.33 bits per heavy atom. The maximum Gasteiger partial charge on any atom is 0.155 e. The molecule has 0 atom stereocenters. The van der Waals surface area contributed by atoms with E-state index in [4.69, 9.17) is 5.73 Å². The lowest BCUT2D eigenvalue weighted by atomic mass is 10.2. The van der Waals surface area contributed by atoms with Gasteiger partial charge in [0.05, 0.1) is 6.20 Å². The zero-order valence-corrected chi connectivity index (χ0v) is 10.2. The number of nitrogens with two attached hydrogens (primary N) is 1. The molecule has 0 aliphatic rings. The van der Waals surface area contributed by atoms with Gasteiger partial charge in [-0.15, -0.1) is 5.10 Å². The van der Waals surface area contributed by atoms with E-state index in [0.29, 0.717) is 13.1 Å². The lowest BCUT2D eigenvalue weighted by Crippen LogP contribution is -2.20. The van der Waals surface area contributed by atoms with Crippen molar-refractivity contribution < 1.29 is 4.39 Å². The number of anilines is 1. The largest absolute Gasteiger partial charge is 0.354 e. The first-order chi connectivity index (χ1) is 8.70. The summed E-state index contributed by atoms with van der Waals surface area (Å²) in [5, 5.41) is 7.92. The van der Waals surface area contributed by atoms with Gasteiger partial charge in [-0.3, -0.25) is 0 Å². The summed E-state index contributed by atoms with van der Waals surface area (Å²) in [6, 6.07) is 8.34. The number of halogens is 1. The molecular formula is C13H15FN4. The Bertz CT molecular complexity index is 530. The maximum atomic E-state index is 13.1. The van der Waals surface area contributed by atoms with Crippen molar-refractivity contribution in [3.63, 3.8) is 0 Å². The molecule has 2 N–H and O–H groups in total. The Morgan fingerprint density at radius 2 is 2.17 bits per heavy atom. The minimum atomic E-state index is -0.237. The molecule has 5 heteroatoms. The molecule has 0 amide bonds. The van der Waals surface area contributed by atoms with E-state index in [2.05, 4.69) is 10.2 Å². The minimum absolute atomic E-state index is 0.237. The van der Waals surface area contributed by atoms with Crippen LogP contribution in [0.25, 0.3) is 0 Å². The van der Waals surface area contributed by atoms with Crippen molar-refractivity contribution in [2.75, 3.05) is 11.9 Å². The number of hydrogen-bond donors (Lipinski definition) is 1. The Kier molecular flexibility index (Phi) is 3.84. The maximum absolute atomic E-state index is 13.1. The second-order valence-electron chi connectivity index (χ2n) is 4.07. The molecule has 18 heavy (non-hydrogen) atoms. The SMILES string of the molecule is CN(Cc1cccc(F)c1)c1nnccc1CN. The highest BCUT2D eigenvalue weighted by Gasteiger charge is 2.09. The van der Waals surface area contributed by atoms with E-state index >= 15 is 0 Å². The highest BCUT2D eigenvalue weighted by Crippen LogP contribution is 2.16. The second-order valence-corrected chi connectivity index (χ2v) is 4.07. The molecule has 0 saturated heterocycles. The monoisotopic (exact) mass is 246 g/mol. The molecule has 1 aromatic carbocycles. The Labute approximate surface area is 105 Å². The van der Waals surface area contributed by atoms with Crippen molar-refractivity contribution in [3.8, 4) is 0 Å². The van der Waals surface area contributed by atoms with Crippen molar-refractivity contribution >= 4 is 5.82 Å². The fourth-order valence-electron chi connectivity index (χ4n) is 1.81. The molecule has 0 saturated carbocycles. The van der Waals surface area contributed by atoms with Gasteiger partial charge in [0.2, 0.25) is 0 Å². The van der Waals surface area contributed by atoms with Crippen molar-refractivity contribution in [1.29, 1.82) is 0 Å². The summed E-state index contributed by atoms with van der Waals surface area (Å²) in [4.78, 5) is 1.91. The van der Waals surface area contributed by atoms with Gasteiger partial charge in [-0.2, -0.15) is 5.10 Å². The number of benzene rings is 1. The zero-order valence-electron chi connectivity index (χ0n) is 10.2. The standard InChI is InChI=1S/C13H15FN4/c1-18(9-10-3-2-4-12(14)7-10)13-11(8-15)5-6-16-17-13/h2-7H,8-9,15H2,1H3. The predicted molar refractivity (Wildman–Crippen MR) is 68.4 cm³/mol. The molecule has 0 aliphatic heterocycles. The van der Waals surface area contributed by atoms with E-state index in [1.54, 1.807) is 12.3 Å². The molecule has 2 rings (SSSR count). The third kappa shape index (κ3) is 2.81. The fraction of sp³-hybridized carbons (Fsp3) is 0.231. The highest BCUT2D eigenvalue weighted by atomic mass is 19.1. The van der Waals surface area contributed by atoms with Gasteiger partial charge in [0.15, 0.2) is 5.82 Å². The molecular weight excluding hydrogens is 231 g/mol. The molecule has 0 bridgehead atoms. The van der Waals surface area contributed by atoms with E-state index in [0.717, 1.165) is 16.9 Å². The van der Waals surface area contributed by atoms with E-state index in [-0.39, 0.29) is 5.82 Å². The summed E-state index contributed by atoms with van der Waals surface area (Å²) < 4.78 is 13.1. The quantitative estimate of drug-likeness (QED) is 0.892. The van der Waals surface area contributed by atoms with Crippen LogP contribution in [0.15, 0.2) is 36.5 Å². The van der Waals surface area contributed by atoms with Crippen LogP contribution in [0.4, 0.5) is 10.2 Å². The topological polar surface area (TPSA) is 55.0 Å². The molecule has 1 heterocycles. The number of hydrogen-bond acceptors (Lipinski definition) is 4. The summed E-state index contributed by atoms with van der Waals surface area (Å²) in [6.07, 6.45) is 1.61. The van der Waals surface area contributed by atoms with Crippen LogP contribution in [0.2, 0.25) is 0 Å². The summed E-state index contributed by atoms with van der Waals surface area (Å²) >= 11 is 0. The van der Waals surface area contributed by atoms with Crippen LogP contribution in [0, 0.1) is 5.82 Å². The molecule has 0 radical (unpaired) electrons. The van der Waals surface area contributed by atoms with E-state index in [9.17, 15) is 4.39 Å². The van der Waals surface area contributed by atoms with Crippen molar-refractivity contribution in [2.45, 2.75) is 13.1 Å². The van der Waals surface area contributed by atoms with E-state index in [1.165, 1.54) is 12.1 Å². The zero-order chi connectivity index (χ0) is 13.0. The summed E-state index contributed by atoms with van der Waals surface area (Å²) in [6.45, 7) is 0.960. The first-order valence-electron chi connectivity index (χ1n) is 5.67. The van der Waals surface area contributed by atoms with Crippen LogP contribution < -0.4 is 10.6 Å². The molecule has 0 spiro atoms. The summed E-state index contributed by atoms with van der Waals surface area (Å²) in [5.74, 6) is 0.489. The van der Waals surface area contributed by atoms with Crippen LogP contribution in [-0.2, 0) is 13.1 Å². The molecule has 0 fully saturated rings. The molecule has 94 valence electrons.